The van der Waals surface area contributed by atoms with Crippen LogP contribution in [0.5, 0.6) is 0 Å². The van der Waals surface area contributed by atoms with Crippen LogP contribution in [0.3, 0.4) is 0 Å². The number of carbonyl (C=O) groups is 3. The normalized spacial score (nSPS) is 24.8. The van der Waals surface area contributed by atoms with Gasteiger partial charge in [0.25, 0.3) is 15.6 Å². The van der Waals surface area contributed by atoms with Crippen LogP contribution < -0.4 is 35.9 Å². The molecule has 0 aliphatic carbocycles. The minimum absolute atomic E-state index is 0.0241. The van der Waals surface area contributed by atoms with Gasteiger partial charge >= 0.3 is 0 Å². The minimum atomic E-state index is -5.93. The van der Waals surface area contributed by atoms with Crippen molar-refractivity contribution in [3.63, 3.8) is 0 Å². The summed E-state index contributed by atoms with van der Waals surface area (Å²) in [5.74, 6) is -1.20. The molecule has 2 aromatic rings. The number of thioether (sulfide) groups is 1. The number of ether oxygens (including phenoxy) is 3. The molecule has 2 saturated heterocycles. The number of anilines is 1. The Kier molecular flexibility index (Phi) is 25.7. The summed E-state index contributed by atoms with van der Waals surface area (Å²) in [5, 5.41) is 46.2. The molecule has 32 heteroatoms. The number of hydrogen-bond donors (Lipinski definition) is 7. The van der Waals surface area contributed by atoms with Crippen LogP contribution in [0.15, 0.2) is 12.7 Å². The molecule has 2 amide bonds. The molecule has 0 bridgehead atoms. The van der Waals surface area contributed by atoms with Gasteiger partial charge < -0.3 is 88.7 Å². The summed E-state index contributed by atoms with van der Waals surface area (Å²) in [5.41, 5.74) is 4.07. The van der Waals surface area contributed by atoms with E-state index in [1.54, 1.807) is 6.92 Å². The van der Waals surface area contributed by atoms with Crippen LogP contribution in [0.25, 0.3) is 11.2 Å². The van der Waals surface area contributed by atoms with E-state index in [2.05, 4.69) is 43.5 Å². The molecule has 4 rings (SSSR count). The number of aliphatic hydroxyl groups excluding tert-OH is 4. The molecule has 2 aliphatic heterocycles. The fourth-order valence-corrected chi connectivity index (χ4v) is 11.1. The Labute approximate surface area is 426 Å². The van der Waals surface area contributed by atoms with Gasteiger partial charge in [0.05, 0.1) is 39.6 Å². The second-order valence-corrected chi connectivity index (χ2v) is 23.5. The largest absolute Gasteiger partial charge is 0.790 e. The van der Waals surface area contributed by atoms with Crippen molar-refractivity contribution >= 4 is 69.1 Å². The first-order valence-corrected chi connectivity index (χ1v) is 29.3. The van der Waals surface area contributed by atoms with Crippen LogP contribution in [-0.2, 0) is 60.2 Å². The number of phosphoric acid groups is 3. The van der Waals surface area contributed by atoms with Gasteiger partial charge in [0.15, 0.2) is 29.1 Å². The van der Waals surface area contributed by atoms with E-state index in [4.69, 9.17) is 19.9 Å². The highest BCUT2D eigenvalue weighted by Gasteiger charge is 2.47. The number of imidazole rings is 1. The summed E-state index contributed by atoms with van der Waals surface area (Å²) in [6, 6.07) is 0. The van der Waals surface area contributed by atoms with E-state index in [0.29, 0.717) is 18.8 Å². The van der Waals surface area contributed by atoms with Crippen LogP contribution in [-0.4, -0.2) is 145 Å². The predicted octanol–water partition coefficient (Wildman–Crippen LogP) is -0.309. The molecule has 28 nitrogen and oxygen atoms in total. The molecule has 73 heavy (non-hydrogen) atoms. The molecule has 0 radical (unpaired) electrons. The zero-order valence-electron chi connectivity index (χ0n) is 40.8. The maximum absolute atomic E-state index is 12.7. The summed E-state index contributed by atoms with van der Waals surface area (Å²) in [6.45, 7) is 2.37. The Bertz CT molecular complexity index is 2210. The number of carbonyl (C=O) groups excluding carboxylic acids is 3. The molecule has 0 spiro atoms. The van der Waals surface area contributed by atoms with Crippen molar-refractivity contribution in [2.24, 2.45) is 5.41 Å². The van der Waals surface area contributed by atoms with E-state index in [1.807, 2.05) is 0 Å². The maximum Gasteiger partial charge on any atom is 0.274 e. The first-order valence-electron chi connectivity index (χ1n) is 23.9. The monoisotopic (exact) mass is 1120 g/mol. The number of hydrogen-bond acceptors (Lipinski definition) is 26. The van der Waals surface area contributed by atoms with Gasteiger partial charge in [0, 0.05) is 50.1 Å². The van der Waals surface area contributed by atoms with E-state index >= 15 is 0 Å². The van der Waals surface area contributed by atoms with Crippen molar-refractivity contribution in [2.75, 3.05) is 44.4 Å². The number of aliphatic hydroxyl groups is 4. The summed E-state index contributed by atoms with van der Waals surface area (Å²) in [7, 11) is -17.6. The third-order valence-electron chi connectivity index (χ3n) is 11.7. The molecule has 11 atom stereocenters. The number of phosphoric ester groups is 3. The highest BCUT2D eigenvalue weighted by molar-refractivity contribution is 8.13. The fourth-order valence-electron chi connectivity index (χ4n) is 7.60. The summed E-state index contributed by atoms with van der Waals surface area (Å²) in [6.07, 6.45) is 2.08. The van der Waals surface area contributed by atoms with Crippen molar-refractivity contribution in [3.05, 3.63) is 12.7 Å². The van der Waals surface area contributed by atoms with E-state index in [9.17, 15) is 68.1 Å². The Balaban J connectivity index is 1.02. The molecule has 0 aromatic carbocycles. The molecule has 0 saturated carbocycles. The van der Waals surface area contributed by atoms with Gasteiger partial charge in [0.2, 0.25) is 11.8 Å². The van der Waals surface area contributed by atoms with E-state index in [-0.39, 0.29) is 54.1 Å². The first kappa shape index (κ1) is 62.9. The van der Waals surface area contributed by atoms with Crippen molar-refractivity contribution in [1.82, 2.24) is 30.2 Å². The topological polar surface area (TPSA) is 434 Å². The lowest BCUT2D eigenvalue weighted by Gasteiger charge is -2.36. The van der Waals surface area contributed by atoms with E-state index in [0.717, 1.165) is 99.6 Å². The van der Waals surface area contributed by atoms with Crippen LogP contribution in [0, 0.1) is 5.41 Å². The Morgan fingerprint density at radius 2 is 1.51 bits per heavy atom. The van der Waals surface area contributed by atoms with Gasteiger partial charge in [-0.1, -0.05) is 83.4 Å². The summed E-state index contributed by atoms with van der Waals surface area (Å²) >= 11 is 1.12. The number of aromatic nitrogens is 4. The van der Waals surface area contributed by atoms with Crippen molar-refractivity contribution in [1.29, 1.82) is 0 Å². The van der Waals surface area contributed by atoms with Crippen molar-refractivity contribution < 1.29 is 100 Å². The number of rotatable bonds is 34. The Morgan fingerprint density at radius 1 is 0.877 bits per heavy atom. The third-order valence-corrected chi connectivity index (χ3v) is 15.7. The van der Waals surface area contributed by atoms with Gasteiger partial charge in [-0.2, -0.15) is 0 Å². The minimum Gasteiger partial charge on any atom is -0.790 e. The first-order chi connectivity index (χ1) is 34.3. The second-order valence-electron chi connectivity index (χ2n) is 18.3. The standard InChI is InChI=1S/C41H72N7O21P3S/c1-26-27(49)21-28(50)40(66-26)63-19-14-12-10-8-6-4-5-7-9-11-13-15-31(52)73-20-18-43-30(51)16-17-44-38(55)35(54)41(2,3)23-65-72(61,62)69-71(59,60)64-22-29-34(68-70(56,57)58)33(53)39(67-29)48-25-47-32-36(42)45-24-46-37(32)48/h24-29,33-35,39-40,49-50,53-54H,4-23H2,1-3H3,(H,43,51)(H,44,55)(H,59,60)(H,61,62)(H2,42,45,46)(H2,56,57,58)/p-4/t26-,27+,28+,29+,33+,34+,35-,39+,40+/m0/s1. The van der Waals surface area contributed by atoms with Crippen LogP contribution in [0.2, 0.25) is 0 Å². The SMILES string of the molecule is C[C@@H]1O[C@@H](OCCCCCCCCCCCCCC(=O)SCCNC(=O)CCNC(=O)[C@H](O)C(C)(C)COP(=O)([O-])OP(=O)([O-])OC[C@H]2O[C@@H](n3cnc4c(N)ncnc43)[C@H](O)[C@@H]2OP(=O)([O-])[O-])[C@H](O)C[C@H]1O. The predicted molar refractivity (Wildman–Crippen MR) is 251 cm³/mol. The highest BCUT2D eigenvalue weighted by atomic mass is 32.2. The zero-order valence-corrected chi connectivity index (χ0v) is 44.3. The van der Waals surface area contributed by atoms with Gasteiger partial charge in [0.1, 0.15) is 42.4 Å². The molecule has 2 aromatic heterocycles. The van der Waals surface area contributed by atoms with Gasteiger partial charge in [-0.3, -0.25) is 28.1 Å². The van der Waals surface area contributed by atoms with Gasteiger partial charge in [-0.25, -0.2) is 19.3 Å². The molecular weight excluding hydrogens is 1050 g/mol. The third kappa shape index (κ3) is 21.7. The smallest absolute Gasteiger partial charge is 0.274 e. The molecule has 418 valence electrons. The Hall–Kier alpha value is -2.60. The van der Waals surface area contributed by atoms with Crippen LogP contribution in [0.1, 0.15) is 117 Å². The van der Waals surface area contributed by atoms with Gasteiger partial charge in [-0.15, -0.1) is 0 Å². The lowest BCUT2D eigenvalue weighted by Crippen LogP contribution is -2.47. The van der Waals surface area contributed by atoms with Gasteiger partial charge in [-0.05, 0) is 19.8 Å². The number of fused-ring (bicyclic) bond motifs is 1. The van der Waals surface area contributed by atoms with Crippen molar-refractivity contribution in [2.45, 2.75) is 166 Å². The van der Waals surface area contributed by atoms with E-state index in [1.165, 1.54) is 13.8 Å². The molecule has 2 fully saturated rings. The van der Waals surface area contributed by atoms with Crippen molar-refractivity contribution in [3.8, 4) is 0 Å². The van der Waals surface area contributed by atoms with Crippen LogP contribution >= 0.6 is 35.2 Å². The number of unbranched alkanes of at least 4 members (excludes halogenated alkanes) is 10. The molecule has 2 aliphatic rings. The Morgan fingerprint density at radius 3 is 2.16 bits per heavy atom. The maximum atomic E-state index is 12.7. The van der Waals surface area contributed by atoms with Crippen LogP contribution in [0.4, 0.5) is 5.82 Å². The molecule has 8 N–H and O–H groups in total. The second kappa shape index (κ2) is 29.8. The number of nitrogens with two attached hydrogens (primary N) is 1. The summed E-state index contributed by atoms with van der Waals surface area (Å²) < 4.78 is 72.0. The highest BCUT2D eigenvalue weighted by Crippen LogP contribution is 2.56. The average molecular weight is 1120 g/mol. The quantitative estimate of drug-likeness (QED) is 0.0349. The molecule has 4 heterocycles. The lowest BCUT2D eigenvalue weighted by molar-refractivity contribution is -0.347. The number of nitrogen functional groups attached to an aromatic ring is 1. The summed E-state index contributed by atoms with van der Waals surface area (Å²) in [4.78, 5) is 97.0. The number of nitrogens with zero attached hydrogens (tertiary/aromatic N) is 4. The van der Waals surface area contributed by atoms with E-state index < -0.39 is 103 Å². The molecule has 2 unspecified atom stereocenters. The fraction of sp³-hybridized carbons (Fsp3) is 0.805. The average Bonchev–Trinajstić information content (AvgIpc) is 3.87. The number of nitrogens with one attached hydrogen (secondary N) is 2. The lowest BCUT2D eigenvalue weighted by atomic mass is 9.87. The number of amides is 2. The molecular formula is C41H68N7O21P3S-4. The zero-order chi connectivity index (χ0) is 54.0.